The highest BCUT2D eigenvalue weighted by molar-refractivity contribution is 6.14. The first-order valence-electron chi connectivity index (χ1n) is 6.64. The van der Waals surface area contributed by atoms with E-state index in [4.69, 9.17) is 10.3 Å². The van der Waals surface area contributed by atoms with Crippen molar-refractivity contribution in [1.29, 1.82) is 5.26 Å². The molecule has 0 atom stereocenters. The largest absolute Gasteiger partial charge is 0.278 e. The maximum Gasteiger partial charge on any atom is 0.140 e. The van der Waals surface area contributed by atoms with Gasteiger partial charge in [-0.1, -0.05) is 24.3 Å². The lowest BCUT2D eigenvalue weighted by molar-refractivity contribution is 0.513. The normalized spacial score (nSPS) is 15.9. The lowest BCUT2D eigenvalue weighted by Crippen LogP contribution is -2.29. The predicted octanol–water partition coefficient (Wildman–Crippen LogP) is 3.13. The third kappa shape index (κ3) is 2.21. The number of hydrogen-bond acceptors (Lipinski definition) is 3. The minimum absolute atomic E-state index is 0.114. The molecule has 1 aliphatic heterocycles. The minimum Gasteiger partial charge on any atom is -0.278 e. The molecular formula is C17H15N3. The van der Waals surface area contributed by atoms with E-state index in [9.17, 15) is 0 Å². The Hall–Kier alpha value is -2.47. The number of benzene rings is 1. The van der Waals surface area contributed by atoms with Crippen LogP contribution in [0, 0.1) is 11.3 Å². The Morgan fingerprint density at radius 2 is 1.95 bits per heavy atom. The van der Waals surface area contributed by atoms with Crippen molar-refractivity contribution in [1.82, 2.24) is 4.98 Å². The van der Waals surface area contributed by atoms with E-state index < -0.39 is 0 Å². The third-order valence-electron chi connectivity index (χ3n) is 3.46. The van der Waals surface area contributed by atoms with Crippen LogP contribution in [0.3, 0.4) is 0 Å². The number of aliphatic imine (C=N–C) groups is 1. The van der Waals surface area contributed by atoms with Gasteiger partial charge in [0.25, 0.3) is 0 Å². The molecule has 1 aromatic carbocycles. The van der Waals surface area contributed by atoms with Crippen LogP contribution >= 0.6 is 0 Å². The average Bonchev–Trinajstić information content (AvgIpc) is 2.45. The first-order chi connectivity index (χ1) is 9.59. The molecule has 0 bridgehead atoms. The van der Waals surface area contributed by atoms with E-state index >= 15 is 0 Å². The number of nitriles is 1. The van der Waals surface area contributed by atoms with Gasteiger partial charge in [0.2, 0.25) is 0 Å². The molecule has 0 spiro atoms. The summed E-state index contributed by atoms with van der Waals surface area (Å²) in [6, 6.07) is 14.0. The predicted molar refractivity (Wildman–Crippen MR) is 78.8 cm³/mol. The lowest BCUT2D eigenvalue weighted by atomic mass is 9.85. The smallest absolute Gasteiger partial charge is 0.140 e. The van der Waals surface area contributed by atoms with Crippen molar-refractivity contribution >= 4 is 5.71 Å². The van der Waals surface area contributed by atoms with E-state index in [1.54, 1.807) is 12.3 Å². The van der Waals surface area contributed by atoms with E-state index in [1.807, 2.05) is 18.2 Å². The molecule has 3 heteroatoms. The molecular weight excluding hydrogens is 246 g/mol. The van der Waals surface area contributed by atoms with Crippen LogP contribution in [-0.2, 0) is 6.42 Å². The Bertz CT molecular complexity index is 719. The second kappa shape index (κ2) is 4.57. The fourth-order valence-corrected chi connectivity index (χ4v) is 2.59. The molecule has 0 unspecified atom stereocenters. The summed E-state index contributed by atoms with van der Waals surface area (Å²) in [5.41, 5.74) is 4.72. The maximum atomic E-state index is 8.84. The molecule has 0 saturated heterocycles. The topological polar surface area (TPSA) is 49.0 Å². The van der Waals surface area contributed by atoms with Gasteiger partial charge in [0, 0.05) is 17.3 Å². The van der Waals surface area contributed by atoms with Crippen molar-refractivity contribution < 1.29 is 0 Å². The SMILES string of the molecule is CC1(C)Cc2ccccc2C(c2ccc(C#N)nc2)=N1. The molecule has 0 aliphatic carbocycles. The second-order valence-corrected chi connectivity index (χ2v) is 5.65. The minimum atomic E-state index is -0.114. The summed E-state index contributed by atoms with van der Waals surface area (Å²) < 4.78 is 0. The monoisotopic (exact) mass is 261 g/mol. The highest BCUT2D eigenvalue weighted by Gasteiger charge is 2.27. The van der Waals surface area contributed by atoms with Gasteiger partial charge >= 0.3 is 0 Å². The Morgan fingerprint density at radius 1 is 1.15 bits per heavy atom. The number of aromatic nitrogens is 1. The molecule has 0 radical (unpaired) electrons. The van der Waals surface area contributed by atoms with Gasteiger partial charge in [-0.15, -0.1) is 0 Å². The molecule has 1 aliphatic rings. The van der Waals surface area contributed by atoms with Gasteiger partial charge in [0.15, 0.2) is 0 Å². The maximum absolute atomic E-state index is 8.84. The third-order valence-corrected chi connectivity index (χ3v) is 3.46. The summed E-state index contributed by atoms with van der Waals surface area (Å²) in [6.45, 7) is 4.28. The lowest BCUT2D eigenvalue weighted by Gasteiger charge is -2.29. The molecule has 3 rings (SSSR count). The van der Waals surface area contributed by atoms with Crippen molar-refractivity contribution in [2.75, 3.05) is 0 Å². The summed E-state index contributed by atoms with van der Waals surface area (Å²) in [7, 11) is 0. The molecule has 2 aromatic rings. The van der Waals surface area contributed by atoms with Crippen molar-refractivity contribution in [3.8, 4) is 6.07 Å². The first kappa shape index (κ1) is 12.6. The number of pyridine rings is 1. The van der Waals surface area contributed by atoms with E-state index in [0.717, 1.165) is 17.7 Å². The Balaban J connectivity index is 2.14. The number of hydrogen-bond donors (Lipinski definition) is 0. The molecule has 98 valence electrons. The van der Waals surface area contributed by atoms with Crippen LogP contribution in [0.2, 0.25) is 0 Å². The van der Waals surface area contributed by atoms with Gasteiger partial charge in [0.1, 0.15) is 11.8 Å². The van der Waals surface area contributed by atoms with E-state index in [-0.39, 0.29) is 5.54 Å². The molecule has 0 fully saturated rings. The Kier molecular flexibility index (Phi) is 2.87. The van der Waals surface area contributed by atoms with Crippen LogP contribution in [0.4, 0.5) is 0 Å². The average molecular weight is 261 g/mol. The molecule has 1 aromatic heterocycles. The van der Waals surface area contributed by atoms with Crippen molar-refractivity contribution in [2.24, 2.45) is 4.99 Å². The highest BCUT2D eigenvalue weighted by atomic mass is 14.9. The van der Waals surface area contributed by atoms with Gasteiger partial charge in [-0.2, -0.15) is 5.26 Å². The van der Waals surface area contributed by atoms with Gasteiger partial charge in [-0.3, -0.25) is 4.99 Å². The quantitative estimate of drug-likeness (QED) is 0.791. The molecule has 20 heavy (non-hydrogen) atoms. The number of nitrogens with zero attached hydrogens (tertiary/aromatic N) is 3. The first-order valence-corrected chi connectivity index (χ1v) is 6.64. The summed E-state index contributed by atoms with van der Waals surface area (Å²) >= 11 is 0. The molecule has 2 heterocycles. The van der Waals surface area contributed by atoms with Crippen LogP contribution < -0.4 is 0 Å². The van der Waals surface area contributed by atoms with Crippen LogP contribution in [0.1, 0.15) is 36.2 Å². The Labute approximate surface area is 118 Å². The van der Waals surface area contributed by atoms with Crippen LogP contribution in [0.15, 0.2) is 47.6 Å². The summed E-state index contributed by atoms with van der Waals surface area (Å²) in [5.74, 6) is 0. The second-order valence-electron chi connectivity index (χ2n) is 5.65. The zero-order valence-electron chi connectivity index (χ0n) is 11.6. The number of fused-ring (bicyclic) bond motifs is 1. The van der Waals surface area contributed by atoms with E-state index in [0.29, 0.717) is 5.69 Å². The van der Waals surface area contributed by atoms with Crippen molar-refractivity contribution in [3.05, 3.63) is 65.0 Å². The standard InChI is InChI=1S/C17H15N3/c1-17(2)9-12-5-3-4-6-15(12)16(20-17)13-7-8-14(10-18)19-11-13/h3-8,11H,9H2,1-2H3. The summed E-state index contributed by atoms with van der Waals surface area (Å²) in [4.78, 5) is 9.03. The van der Waals surface area contributed by atoms with Crippen molar-refractivity contribution in [2.45, 2.75) is 25.8 Å². The van der Waals surface area contributed by atoms with Crippen LogP contribution in [0.5, 0.6) is 0 Å². The summed E-state index contributed by atoms with van der Waals surface area (Å²) in [5, 5.41) is 8.84. The molecule has 0 amide bonds. The fourth-order valence-electron chi connectivity index (χ4n) is 2.59. The van der Waals surface area contributed by atoms with E-state index in [1.165, 1.54) is 11.1 Å². The zero-order valence-corrected chi connectivity index (χ0v) is 11.6. The van der Waals surface area contributed by atoms with E-state index in [2.05, 4.69) is 37.0 Å². The van der Waals surface area contributed by atoms with Gasteiger partial charge in [0.05, 0.1) is 11.3 Å². The molecule has 3 nitrogen and oxygen atoms in total. The van der Waals surface area contributed by atoms with Gasteiger partial charge < -0.3 is 0 Å². The van der Waals surface area contributed by atoms with Crippen LogP contribution in [0.25, 0.3) is 0 Å². The fraction of sp³-hybridized carbons (Fsp3) is 0.235. The Morgan fingerprint density at radius 3 is 2.65 bits per heavy atom. The summed E-state index contributed by atoms with van der Waals surface area (Å²) in [6.07, 6.45) is 2.67. The number of rotatable bonds is 1. The molecule has 0 saturated carbocycles. The zero-order chi connectivity index (χ0) is 14.2. The van der Waals surface area contributed by atoms with Gasteiger partial charge in [-0.25, -0.2) is 4.98 Å². The van der Waals surface area contributed by atoms with Gasteiger partial charge in [-0.05, 0) is 38.0 Å². The molecule has 0 N–H and O–H groups in total. The highest BCUT2D eigenvalue weighted by Crippen LogP contribution is 2.29. The van der Waals surface area contributed by atoms with Crippen molar-refractivity contribution in [3.63, 3.8) is 0 Å². The van der Waals surface area contributed by atoms with Crippen LogP contribution in [-0.4, -0.2) is 16.2 Å².